The average molecular weight is 276 g/mol. The van der Waals surface area contributed by atoms with Gasteiger partial charge in [-0.2, -0.15) is 0 Å². The molecule has 0 unspecified atom stereocenters. The summed E-state index contributed by atoms with van der Waals surface area (Å²) in [6, 6.07) is 10.1. The summed E-state index contributed by atoms with van der Waals surface area (Å²) in [7, 11) is 0. The topological polar surface area (TPSA) is 56.7 Å². The quantitative estimate of drug-likeness (QED) is 0.732. The van der Waals surface area contributed by atoms with E-state index in [0.717, 1.165) is 33.7 Å². The van der Waals surface area contributed by atoms with Crippen molar-refractivity contribution >= 4 is 16.7 Å². The minimum Gasteiger partial charge on any atom is -0.383 e. The Morgan fingerprint density at radius 3 is 2.76 bits per heavy atom. The molecule has 2 heterocycles. The summed E-state index contributed by atoms with van der Waals surface area (Å²) in [6.07, 6.45) is 5.37. The highest BCUT2D eigenvalue weighted by molar-refractivity contribution is 5.85. The van der Waals surface area contributed by atoms with Crippen molar-refractivity contribution in [2.75, 3.05) is 5.73 Å². The SMILES string of the molecule is C#CCn1c(C)nc(-c2ccc3nc(C)ccc3c2)c1N. The fourth-order valence-corrected chi connectivity index (χ4v) is 2.46. The van der Waals surface area contributed by atoms with E-state index >= 15 is 0 Å². The van der Waals surface area contributed by atoms with Crippen molar-refractivity contribution in [2.45, 2.75) is 20.4 Å². The number of imidazole rings is 1. The zero-order valence-corrected chi connectivity index (χ0v) is 12.1. The number of fused-ring (bicyclic) bond motifs is 1. The maximum atomic E-state index is 6.18. The van der Waals surface area contributed by atoms with Crippen molar-refractivity contribution in [1.29, 1.82) is 0 Å². The average Bonchev–Trinajstić information content (AvgIpc) is 2.75. The number of terminal acetylenes is 1. The molecule has 0 fully saturated rings. The number of nitrogens with two attached hydrogens (primary N) is 1. The molecule has 0 bridgehead atoms. The van der Waals surface area contributed by atoms with Gasteiger partial charge >= 0.3 is 0 Å². The minimum atomic E-state index is 0.430. The zero-order chi connectivity index (χ0) is 15.0. The maximum absolute atomic E-state index is 6.18. The van der Waals surface area contributed by atoms with Crippen LogP contribution < -0.4 is 5.73 Å². The van der Waals surface area contributed by atoms with Crippen LogP contribution in [-0.2, 0) is 6.54 Å². The van der Waals surface area contributed by atoms with Gasteiger partial charge in [0, 0.05) is 16.6 Å². The fourth-order valence-electron chi connectivity index (χ4n) is 2.46. The van der Waals surface area contributed by atoms with Gasteiger partial charge in [-0.05, 0) is 32.0 Å². The third-order valence-electron chi connectivity index (χ3n) is 3.55. The number of aromatic nitrogens is 3. The van der Waals surface area contributed by atoms with Gasteiger partial charge in [0.25, 0.3) is 0 Å². The number of nitrogen functional groups attached to an aromatic ring is 1. The van der Waals surface area contributed by atoms with E-state index in [2.05, 4.69) is 28.0 Å². The second-order valence-corrected chi connectivity index (χ2v) is 5.04. The Morgan fingerprint density at radius 1 is 1.19 bits per heavy atom. The van der Waals surface area contributed by atoms with E-state index in [0.29, 0.717) is 12.4 Å². The van der Waals surface area contributed by atoms with E-state index in [1.54, 1.807) is 0 Å². The minimum absolute atomic E-state index is 0.430. The number of rotatable bonds is 2. The van der Waals surface area contributed by atoms with Crippen molar-refractivity contribution in [3.8, 4) is 23.6 Å². The Morgan fingerprint density at radius 2 is 2.00 bits per heavy atom. The van der Waals surface area contributed by atoms with Crippen LogP contribution in [0.3, 0.4) is 0 Å². The predicted octanol–water partition coefficient (Wildman–Crippen LogP) is 2.93. The third kappa shape index (κ3) is 2.23. The van der Waals surface area contributed by atoms with E-state index in [-0.39, 0.29) is 0 Å². The summed E-state index contributed by atoms with van der Waals surface area (Å²) in [5.41, 5.74) is 9.90. The fraction of sp³-hybridized carbons (Fsp3) is 0.176. The Hall–Kier alpha value is -2.80. The first-order valence-corrected chi connectivity index (χ1v) is 6.74. The second kappa shape index (κ2) is 4.95. The Labute approximate surface area is 123 Å². The van der Waals surface area contributed by atoms with Crippen molar-refractivity contribution in [1.82, 2.24) is 14.5 Å². The predicted molar refractivity (Wildman–Crippen MR) is 85.7 cm³/mol. The summed E-state index contributed by atoms with van der Waals surface area (Å²) in [6.45, 7) is 4.32. The van der Waals surface area contributed by atoms with Gasteiger partial charge in [0.15, 0.2) is 0 Å². The van der Waals surface area contributed by atoms with Crippen molar-refractivity contribution in [2.24, 2.45) is 0 Å². The highest BCUT2D eigenvalue weighted by atomic mass is 15.1. The molecule has 0 aliphatic rings. The van der Waals surface area contributed by atoms with Gasteiger partial charge < -0.3 is 10.3 Å². The number of hydrogen-bond donors (Lipinski definition) is 1. The second-order valence-electron chi connectivity index (χ2n) is 5.04. The van der Waals surface area contributed by atoms with Gasteiger partial charge in [0.1, 0.15) is 17.3 Å². The van der Waals surface area contributed by atoms with Crippen LogP contribution in [0.25, 0.3) is 22.2 Å². The molecule has 4 nitrogen and oxygen atoms in total. The molecule has 0 aliphatic heterocycles. The molecule has 0 radical (unpaired) electrons. The molecule has 0 amide bonds. The van der Waals surface area contributed by atoms with E-state index < -0.39 is 0 Å². The first-order chi connectivity index (χ1) is 10.1. The van der Waals surface area contributed by atoms with Gasteiger partial charge in [-0.15, -0.1) is 6.42 Å². The summed E-state index contributed by atoms with van der Waals surface area (Å²) in [5, 5.41) is 1.07. The number of anilines is 1. The Balaban J connectivity index is 2.15. The summed E-state index contributed by atoms with van der Waals surface area (Å²) < 4.78 is 1.84. The third-order valence-corrected chi connectivity index (χ3v) is 3.55. The summed E-state index contributed by atoms with van der Waals surface area (Å²) in [4.78, 5) is 9.05. The molecular weight excluding hydrogens is 260 g/mol. The smallest absolute Gasteiger partial charge is 0.132 e. The van der Waals surface area contributed by atoms with E-state index in [9.17, 15) is 0 Å². The van der Waals surface area contributed by atoms with Crippen molar-refractivity contribution < 1.29 is 0 Å². The van der Waals surface area contributed by atoms with E-state index in [1.165, 1.54) is 0 Å². The number of hydrogen-bond acceptors (Lipinski definition) is 3. The molecule has 0 aliphatic carbocycles. The number of nitrogens with zero attached hydrogens (tertiary/aromatic N) is 3. The van der Waals surface area contributed by atoms with Gasteiger partial charge in [0.05, 0.1) is 12.1 Å². The monoisotopic (exact) mass is 276 g/mol. The van der Waals surface area contributed by atoms with Crippen molar-refractivity contribution in [3.63, 3.8) is 0 Å². The largest absolute Gasteiger partial charge is 0.383 e. The molecule has 21 heavy (non-hydrogen) atoms. The highest BCUT2D eigenvalue weighted by Crippen LogP contribution is 2.28. The maximum Gasteiger partial charge on any atom is 0.132 e. The first kappa shape index (κ1) is 13.2. The standard InChI is InChI=1S/C17H16N4/c1-4-9-21-12(3)20-16(17(21)18)14-7-8-15-13(10-14)6-5-11(2)19-15/h1,5-8,10H,9,18H2,2-3H3. The van der Waals surface area contributed by atoms with Crippen LogP contribution in [0.4, 0.5) is 5.82 Å². The van der Waals surface area contributed by atoms with Gasteiger partial charge in [0.2, 0.25) is 0 Å². The number of aryl methyl sites for hydroxylation is 2. The van der Waals surface area contributed by atoms with Gasteiger partial charge in [-0.25, -0.2) is 4.98 Å². The van der Waals surface area contributed by atoms with E-state index in [4.69, 9.17) is 12.2 Å². The number of benzene rings is 1. The van der Waals surface area contributed by atoms with Crippen LogP contribution in [0.1, 0.15) is 11.5 Å². The molecule has 0 saturated carbocycles. The van der Waals surface area contributed by atoms with Gasteiger partial charge in [-0.1, -0.05) is 18.1 Å². The molecule has 0 saturated heterocycles. The molecule has 3 rings (SSSR count). The lowest BCUT2D eigenvalue weighted by Crippen LogP contribution is -2.03. The Bertz CT molecular complexity index is 868. The number of pyridine rings is 1. The lowest BCUT2D eigenvalue weighted by Gasteiger charge is -2.04. The summed E-state index contributed by atoms with van der Waals surface area (Å²) in [5.74, 6) is 4.02. The van der Waals surface area contributed by atoms with E-state index in [1.807, 2.05) is 36.6 Å². The van der Waals surface area contributed by atoms with Crippen LogP contribution in [0.15, 0.2) is 30.3 Å². The molecule has 0 spiro atoms. The van der Waals surface area contributed by atoms with Crippen LogP contribution in [-0.4, -0.2) is 14.5 Å². The molecule has 1 aromatic carbocycles. The van der Waals surface area contributed by atoms with Crippen molar-refractivity contribution in [3.05, 3.63) is 41.9 Å². The normalized spacial score (nSPS) is 10.7. The van der Waals surface area contributed by atoms with Crippen LogP contribution >= 0.6 is 0 Å². The van der Waals surface area contributed by atoms with Crippen LogP contribution in [0.2, 0.25) is 0 Å². The molecule has 104 valence electrons. The van der Waals surface area contributed by atoms with Crippen LogP contribution in [0.5, 0.6) is 0 Å². The molecule has 0 atom stereocenters. The Kier molecular flexibility index (Phi) is 3.11. The summed E-state index contributed by atoms with van der Waals surface area (Å²) >= 11 is 0. The lowest BCUT2D eigenvalue weighted by molar-refractivity contribution is 0.807. The lowest BCUT2D eigenvalue weighted by atomic mass is 10.1. The van der Waals surface area contributed by atoms with Crippen LogP contribution in [0, 0.1) is 26.2 Å². The zero-order valence-electron chi connectivity index (χ0n) is 12.1. The molecule has 4 heteroatoms. The molecular formula is C17H16N4. The van der Waals surface area contributed by atoms with Gasteiger partial charge in [-0.3, -0.25) is 4.98 Å². The molecule has 2 N–H and O–H groups in total. The molecule has 2 aromatic heterocycles. The molecule has 3 aromatic rings. The first-order valence-electron chi connectivity index (χ1n) is 6.74. The highest BCUT2D eigenvalue weighted by Gasteiger charge is 2.13.